The van der Waals surface area contributed by atoms with Crippen LogP contribution in [0.2, 0.25) is 0 Å². The Hall–Kier alpha value is -2.36. The average Bonchev–Trinajstić information content (AvgIpc) is 2.55. The highest BCUT2D eigenvalue weighted by Gasteiger charge is 2.01. The molecule has 0 spiro atoms. The van der Waals surface area contributed by atoms with Gasteiger partial charge in [0.25, 0.3) is 0 Å². The minimum Gasteiger partial charge on any atom is -0.493 e. The molecule has 3 nitrogen and oxygen atoms in total. The molecule has 0 saturated carbocycles. The molecule has 0 fully saturated rings. The van der Waals surface area contributed by atoms with Crippen molar-refractivity contribution in [2.45, 2.75) is 32.6 Å². The Morgan fingerprint density at radius 3 is 2.70 bits per heavy atom. The minimum atomic E-state index is -0.322. The maximum Gasteiger partial charge on any atom is 0.127 e. The molecule has 0 saturated heterocycles. The largest absolute Gasteiger partial charge is 0.493 e. The van der Waals surface area contributed by atoms with Crippen LogP contribution in [0.3, 0.4) is 0 Å². The smallest absolute Gasteiger partial charge is 0.127 e. The van der Waals surface area contributed by atoms with Crippen molar-refractivity contribution in [3.05, 3.63) is 59.9 Å². The highest BCUT2D eigenvalue weighted by atomic mass is 19.1. The van der Waals surface area contributed by atoms with Crippen molar-refractivity contribution >= 4 is 11.9 Å². The van der Waals surface area contributed by atoms with E-state index >= 15 is 0 Å². The monoisotopic (exact) mass is 314 g/mol. The van der Waals surface area contributed by atoms with Gasteiger partial charge in [0.05, 0.1) is 18.5 Å². The minimum absolute atomic E-state index is 0.322. The maximum atomic E-state index is 13.6. The number of ether oxygens (including phenoxy) is 1. The number of hydrogen-bond donors (Lipinski definition) is 1. The third-order valence-corrected chi connectivity index (χ3v) is 3.34. The van der Waals surface area contributed by atoms with E-state index in [-0.39, 0.29) is 5.82 Å². The number of para-hydroxylation sites is 1. The average molecular weight is 314 g/mol. The van der Waals surface area contributed by atoms with Crippen molar-refractivity contribution in [1.29, 1.82) is 0 Å². The first-order valence-electron chi connectivity index (χ1n) is 8.05. The van der Waals surface area contributed by atoms with Crippen molar-refractivity contribution < 1.29 is 9.13 Å². The van der Waals surface area contributed by atoms with Gasteiger partial charge in [0.2, 0.25) is 0 Å². The van der Waals surface area contributed by atoms with Crippen LogP contribution in [0.25, 0.3) is 0 Å². The molecule has 0 aliphatic heterocycles. The number of nitrogens with zero attached hydrogens (tertiary/aromatic N) is 1. The van der Waals surface area contributed by atoms with Gasteiger partial charge in [0.15, 0.2) is 0 Å². The van der Waals surface area contributed by atoms with E-state index in [2.05, 4.69) is 17.5 Å². The molecule has 0 aliphatic rings. The molecule has 0 radical (unpaired) electrons. The number of halogens is 1. The summed E-state index contributed by atoms with van der Waals surface area (Å²) < 4.78 is 19.3. The lowest BCUT2D eigenvalue weighted by molar-refractivity contribution is 0.303. The van der Waals surface area contributed by atoms with Crippen LogP contribution in [0.15, 0.2) is 53.6 Å². The topological polar surface area (TPSA) is 33.6 Å². The first-order valence-corrected chi connectivity index (χ1v) is 8.05. The van der Waals surface area contributed by atoms with Gasteiger partial charge in [-0.1, -0.05) is 44.4 Å². The summed E-state index contributed by atoms with van der Waals surface area (Å²) in [6.07, 6.45) is 6.11. The molecule has 2 aromatic rings. The number of hydrazone groups is 1. The molecule has 2 aromatic carbocycles. The maximum absolute atomic E-state index is 13.6. The summed E-state index contributed by atoms with van der Waals surface area (Å²) in [7, 11) is 0. The van der Waals surface area contributed by atoms with Crippen LogP contribution in [0.4, 0.5) is 10.1 Å². The summed E-state index contributed by atoms with van der Waals surface area (Å²) in [5, 5.41) is 4.12. The zero-order chi connectivity index (χ0) is 16.3. The SMILES string of the molecule is CCCCCCOc1cc(F)cc(C=NNc2ccccc2)c1. The van der Waals surface area contributed by atoms with E-state index in [9.17, 15) is 4.39 Å². The predicted molar refractivity (Wildman–Crippen MR) is 93.7 cm³/mol. The molecule has 2 rings (SSSR count). The molecule has 0 aliphatic carbocycles. The number of nitrogens with one attached hydrogen (secondary N) is 1. The predicted octanol–water partition coefficient (Wildman–Crippen LogP) is 5.23. The summed E-state index contributed by atoms with van der Waals surface area (Å²) in [5.41, 5.74) is 4.45. The van der Waals surface area contributed by atoms with E-state index in [1.54, 1.807) is 12.3 Å². The van der Waals surface area contributed by atoms with Crippen LogP contribution in [0.1, 0.15) is 38.2 Å². The Morgan fingerprint density at radius 2 is 1.91 bits per heavy atom. The fourth-order valence-electron chi connectivity index (χ4n) is 2.16. The summed E-state index contributed by atoms with van der Waals surface area (Å²) in [6.45, 7) is 2.78. The highest BCUT2D eigenvalue weighted by Crippen LogP contribution is 2.16. The van der Waals surface area contributed by atoms with E-state index in [4.69, 9.17) is 4.74 Å². The van der Waals surface area contributed by atoms with Gasteiger partial charge < -0.3 is 4.74 Å². The van der Waals surface area contributed by atoms with Crippen LogP contribution in [-0.2, 0) is 0 Å². The Labute approximate surface area is 137 Å². The number of hydrogen-bond acceptors (Lipinski definition) is 3. The zero-order valence-corrected chi connectivity index (χ0v) is 13.5. The molecule has 0 amide bonds. The van der Waals surface area contributed by atoms with Gasteiger partial charge in [0, 0.05) is 11.6 Å². The molecule has 23 heavy (non-hydrogen) atoms. The lowest BCUT2D eigenvalue weighted by Gasteiger charge is -2.07. The second-order valence-corrected chi connectivity index (χ2v) is 5.37. The van der Waals surface area contributed by atoms with E-state index in [0.29, 0.717) is 17.9 Å². The Kier molecular flexibility index (Phi) is 7.11. The molecule has 4 heteroatoms. The third kappa shape index (κ3) is 6.51. The Bertz CT molecular complexity index is 614. The fourth-order valence-corrected chi connectivity index (χ4v) is 2.16. The second-order valence-electron chi connectivity index (χ2n) is 5.37. The zero-order valence-electron chi connectivity index (χ0n) is 13.5. The van der Waals surface area contributed by atoms with E-state index in [0.717, 1.165) is 18.5 Å². The van der Waals surface area contributed by atoms with Crippen molar-refractivity contribution in [3.8, 4) is 5.75 Å². The summed E-state index contributed by atoms with van der Waals surface area (Å²) in [5.74, 6) is 0.222. The molecule has 0 bridgehead atoms. The molecular weight excluding hydrogens is 291 g/mol. The van der Waals surface area contributed by atoms with Crippen LogP contribution in [-0.4, -0.2) is 12.8 Å². The molecule has 1 N–H and O–H groups in total. The Morgan fingerprint density at radius 1 is 1.09 bits per heavy atom. The first kappa shape index (κ1) is 17.0. The highest BCUT2D eigenvalue weighted by molar-refractivity contribution is 5.80. The van der Waals surface area contributed by atoms with E-state index < -0.39 is 0 Å². The molecule has 0 aromatic heterocycles. The lowest BCUT2D eigenvalue weighted by atomic mass is 10.2. The van der Waals surface area contributed by atoms with Gasteiger partial charge in [-0.05, 0) is 30.7 Å². The van der Waals surface area contributed by atoms with Crippen LogP contribution < -0.4 is 10.2 Å². The van der Waals surface area contributed by atoms with Crippen molar-refractivity contribution in [1.82, 2.24) is 0 Å². The molecule has 0 unspecified atom stereocenters. The molecule has 122 valence electrons. The number of benzene rings is 2. The van der Waals surface area contributed by atoms with Crippen LogP contribution in [0, 0.1) is 5.82 Å². The normalized spacial score (nSPS) is 10.9. The molecule has 0 heterocycles. The van der Waals surface area contributed by atoms with Crippen molar-refractivity contribution in [2.75, 3.05) is 12.0 Å². The fraction of sp³-hybridized carbons (Fsp3) is 0.316. The third-order valence-electron chi connectivity index (χ3n) is 3.34. The van der Waals surface area contributed by atoms with Gasteiger partial charge in [0.1, 0.15) is 11.6 Å². The van der Waals surface area contributed by atoms with E-state index in [1.807, 2.05) is 30.3 Å². The molecule has 0 atom stereocenters. The number of unbranched alkanes of at least 4 members (excludes halogenated alkanes) is 3. The number of anilines is 1. The van der Waals surface area contributed by atoms with Crippen molar-refractivity contribution in [2.24, 2.45) is 5.10 Å². The molecular formula is C19H23FN2O. The van der Waals surface area contributed by atoms with Gasteiger partial charge in [-0.15, -0.1) is 0 Å². The summed E-state index contributed by atoms with van der Waals surface area (Å²) in [4.78, 5) is 0. The second kappa shape index (κ2) is 9.62. The first-order chi connectivity index (χ1) is 11.3. The van der Waals surface area contributed by atoms with Crippen molar-refractivity contribution in [3.63, 3.8) is 0 Å². The quantitative estimate of drug-likeness (QED) is 0.390. The van der Waals surface area contributed by atoms with Gasteiger partial charge in [-0.25, -0.2) is 4.39 Å². The van der Waals surface area contributed by atoms with Gasteiger partial charge in [-0.2, -0.15) is 5.10 Å². The number of rotatable bonds is 9. The van der Waals surface area contributed by atoms with E-state index in [1.165, 1.54) is 25.0 Å². The van der Waals surface area contributed by atoms with Crippen LogP contribution in [0.5, 0.6) is 5.75 Å². The summed E-state index contributed by atoms with van der Waals surface area (Å²) >= 11 is 0. The van der Waals surface area contributed by atoms with Gasteiger partial charge >= 0.3 is 0 Å². The van der Waals surface area contributed by atoms with Crippen LogP contribution >= 0.6 is 0 Å². The standard InChI is InChI=1S/C19H23FN2O/c1-2-3-4-8-11-23-19-13-16(12-17(20)14-19)15-21-22-18-9-6-5-7-10-18/h5-7,9-10,12-15,22H,2-4,8,11H2,1H3. The Balaban J connectivity index is 1.89. The lowest BCUT2D eigenvalue weighted by Crippen LogP contribution is -1.99. The van der Waals surface area contributed by atoms with Gasteiger partial charge in [-0.3, -0.25) is 5.43 Å². The summed E-state index contributed by atoms with van der Waals surface area (Å²) in [6, 6.07) is 14.2.